The first-order valence-electron chi connectivity index (χ1n) is 5.11. The van der Waals surface area contributed by atoms with E-state index in [-0.39, 0.29) is 12.6 Å². The molecule has 1 aliphatic heterocycles. The molecule has 2 heterocycles. The van der Waals surface area contributed by atoms with E-state index in [4.69, 9.17) is 0 Å². The average Bonchev–Trinajstić information content (AvgIpc) is 2.65. The number of rotatable bonds is 2. The molecular weight excluding hydrogens is 196 g/mol. The Bertz CT molecular complexity index is 300. The zero-order valence-electron chi connectivity index (χ0n) is 8.44. The molecule has 0 aromatic carbocycles. The van der Waals surface area contributed by atoms with Gasteiger partial charge in [-0.2, -0.15) is 0 Å². The van der Waals surface area contributed by atoms with Gasteiger partial charge in [-0.05, 0) is 26.2 Å². The minimum atomic E-state index is 0.249. The summed E-state index contributed by atoms with van der Waals surface area (Å²) in [6, 6.07) is 0.286. The lowest BCUT2D eigenvalue weighted by Gasteiger charge is -2.34. The summed E-state index contributed by atoms with van der Waals surface area (Å²) in [5.74, 6) is 0. The number of aromatic nitrogens is 1. The number of aliphatic hydroxyl groups is 1. The number of aryl methyl sites for hydroxylation is 1. The van der Waals surface area contributed by atoms with Crippen molar-refractivity contribution >= 4 is 16.5 Å². The highest BCUT2D eigenvalue weighted by Gasteiger charge is 2.23. The second kappa shape index (κ2) is 4.28. The fourth-order valence-corrected chi connectivity index (χ4v) is 2.82. The molecule has 1 N–H and O–H groups in total. The van der Waals surface area contributed by atoms with Crippen LogP contribution in [0.4, 0.5) is 5.13 Å². The van der Waals surface area contributed by atoms with Gasteiger partial charge in [0.25, 0.3) is 0 Å². The molecule has 1 aromatic rings. The Balaban J connectivity index is 2.14. The zero-order valence-corrected chi connectivity index (χ0v) is 9.26. The lowest BCUT2D eigenvalue weighted by atomic mass is 10.0. The Hall–Kier alpha value is -0.610. The van der Waals surface area contributed by atoms with Crippen molar-refractivity contribution in [3.05, 3.63) is 11.1 Å². The van der Waals surface area contributed by atoms with Crippen LogP contribution in [-0.4, -0.2) is 29.3 Å². The SMILES string of the molecule is Cc1csc(N2CCCCC2CO)n1. The van der Waals surface area contributed by atoms with Crippen molar-refractivity contribution in [2.45, 2.75) is 32.2 Å². The van der Waals surface area contributed by atoms with Crippen molar-refractivity contribution < 1.29 is 5.11 Å². The minimum absolute atomic E-state index is 0.249. The molecular formula is C10H16N2OS. The maximum Gasteiger partial charge on any atom is 0.185 e. The smallest absolute Gasteiger partial charge is 0.185 e. The van der Waals surface area contributed by atoms with Gasteiger partial charge < -0.3 is 10.0 Å². The highest BCUT2D eigenvalue weighted by molar-refractivity contribution is 7.13. The number of nitrogens with zero attached hydrogens (tertiary/aromatic N) is 2. The van der Waals surface area contributed by atoms with Crippen LogP contribution in [-0.2, 0) is 0 Å². The molecule has 1 fully saturated rings. The van der Waals surface area contributed by atoms with E-state index in [0.717, 1.165) is 23.8 Å². The predicted octanol–water partition coefficient (Wildman–Crippen LogP) is 1.80. The van der Waals surface area contributed by atoms with E-state index in [9.17, 15) is 5.11 Å². The molecule has 14 heavy (non-hydrogen) atoms. The van der Waals surface area contributed by atoms with Gasteiger partial charge >= 0.3 is 0 Å². The Kier molecular flexibility index (Phi) is 3.03. The van der Waals surface area contributed by atoms with Gasteiger partial charge in [-0.1, -0.05) is 0 Å². The van der Waals surface area contributed by atoms with Crippen LogP contribution in [0.3, 0.4) is 0 Å². The molecule has 0 bridgehead atoms. The van der Waals surface area contributed by atoms with Crippen LogP contribution in [0, 0.1) is 6.92 Å². The largest absolute Gasteiger partial charge is 0.394 e. The summed E-state index contributed by atoms with van der Waals surface area (Å²) in [6.07, 6.45) is 3.54. The van der Waals surface area contributed by atoms with Gasteiger partial charge in [0.05, 0.1) is 18.3 Å². The van der Waals surface area contributed by atoms with E-state index in [1.807, 2.05) is 6.92 Å². The van der Waals surface area contributed by atoms with E-state index in [1.165, 1.54) is 12.8 Å². The maximum absolute atomic E-state index is 9.26. The topological polar surface area (TPSA) is 36.4 Å². The average molecular weight is 212 g/mol. The number of aliphatic hydroxyl groups excluding tert-OH is 1. The van der Waals surface area contributed by atoms with Gasteiger partial charge in [-0.15, -0.1) is 11.3 Å². The molecule has 4 heteroatoms. The molecule has 0 spiro atoms. The number of piperidine rings is 1. The molecule has 0 amide bonds. The van der Waals surface area contributed by atoms with Crippen LogP contribution in [0.2, 0.25) is 0 Å². The minimum Gasteiger partial charge on any atom is -0.394 e. The molecule has 1 saturated heterocycles. The van der Waals surface area contributed by atoms with E-state index >= 15 is 0 Å². The van der Waals surface area contributed by atoms with Gasteiger partial charge in [-0.25, -0.2) is 4.98 Å². The van der Waals surface area contributed by atoms with Crippen LogP contribution in [0.1, 0.15) is 25.0 Å². The van der Waals surface area contributed by atoms with Crippen molar-refractivity contribution in [1.82, 2.24) is 4.98 Å². The second-order valence-corrected chi connectivity index (χ2v) is 4.63. The van der Waals surface area contributed by atoms with Gasteiger partial charge in [0.2, 0.25) is 0 Å². The summed E-state index contributed by atoms with van der Waals surface area (Å²) in [5, 5.41) is 12.4. The molecule has 1 atom stereocenters. The van der Waals surface area contributed by atoms with Gasteiger partial charge in [0.15, 0.2) is 5.13 Å². The van der Waals surface area contributed by atoms with Crippen LogP contribution < -0.4 is 4.90 Å². The third-order valence-electron chi connectivity index (χ3n) is 2.69. The molecule has 1 unspecified atom stereocenters. The van der Waals surface area contributed by atoms with E-state index in [0.29, 0.717) is 0 Å². The monoisotopic (exact) mass is 212 g/mol. The third-order valence-corrected chi connectivity index (χ3v) is 3.69. The standard InChI is InChI=1S/C10H16N2OS/c1-8-7-14-10(11-8)12-5-3-2-4-9(12)6-13/h7,9,13H,2-6H2,1H3. The van der Waals surface area contributed by atoms with Gasteiger partial charge in [-0.3, -0.25) is 0 Å². The fourth-order valence-electron chi connectivity index (χ4n) is 1.92. The van der Waals surface area contributed by atoms with Crippen molar-refractivity contribution in [3.8, 4) is 0 Å². The number of hydrogen-bond acceptors (Lipinski definition) is 4. The summed E-state index contributed by atoms with van der Waals surface area (Å²) in [6.45, 7) is 3.30. The highest BCUT2D eigenvalue weighted by Crippen LogP contribution is 2.27. The lowest BCUT2D eigenvalue weighted by Crippen LogP contribution is -2.41. The molecule has 78 valence electrons. The first-order chi connectivity index (χ1) is 6.81. The van der Waals surface area contributed by atoms with Crippen LogP contribution >= 0.6 is 11.3 Å². The number of anilines is 1. The summed E-state index contributed by atoms with van der Waals surface area (Å²) in [5.41, 5.74) is 1.08. The zero-order chi connectivity index (χ0) is 9.97. The van der Waals surface area contributed by atoms with Crippen LogP contribution in [0.5, 0.6) is 0 Å². The maximum atomic E-state index is 9.26. The second-order valence-electron chi connectivity index (χ2n) is 3.80. The third kappa shape index (κ3) is 1.91. The van der Waals surface area contributed by atoms with Crippen molar-refractivity contribution in [2.75, 3.05) is 18.1 Å². The Morgan fingerprint density at radius 3 is 3.14 bits per heavy atom. The normalized spacial score (nSPS) is 22.7. The quantitative estimate of drug-likeness (QED) is 0.812. The summed E-state index contributed by atoms with van der Waals surface area (Å²) in [7, 11) is 0. The molecule has 2 rings (SSSR count). The molecule has 1 aliphatic rings. The summed E-state index contributed by atoms with van der Waals surface area (Å²) >= 11 is 1.68. The Morgan fingerprint density at radius 2 is 2.50 bits per heavy atom. The van der Waals surface area contributed by atoms with Crippen molar-refractivity contribution in [2.24, 2.45) is 0 Å². The molecule has 0 aliphatic carbocycles. The van der Waals surface area contributed by atoms with Crippen LogP contribution in [0.15, 0.2) is 5.38 Å². The first kappa shape index (κ1) is 9.93. The Labute approximate surface area is 88.4 Å². The molecule has 1 aromatic heterocycles. The lowest BCUT2D eigenvalue weighted by molar-refractivity contribution is 0.240. The fraction of sp³-hybridized carbons (Fsp3) is 0.700. The summed E-state index contributed by atoms with van der Waals surface area (Å²) in [4.78, 5) is 6.72. The predicted molar refractivity (Wildman–Crippen MR) is 58.9 cm³/mol. The van der Waals surface area contributed by atoms with Crippen molar-refractivity contribution in [3.63, 3.8) is 0 Å². The molecule has 0 saturated carbocycles. The number of hydrogen-bond donors (Lipinski definition) is 1. The first-order valence-corrected chi connectivity index (χ1v) is 5.99. The van der Waals surface area contributed by atoms with Crippen molar-refractivity contribution in [1.29, 1.82) is 0 Å². The molecule has 0 radical (unpaired) electrons. The van der Waals surface area contributed by atoms with Gasteiger partial charge in [0.1, 0.15) is 0 Å². The Morgan fingerprint density at radius 1 is 1.64 bits per heavy atom. The summed E-state index contributed by atoms with van der Waals surface area (Å²) < 4.78 is 0. The van der Waals surface area contributed by atoms with Crippen LogP contribution in [0.25, 0.3) is 0 Å². The molecule has 3 nitrogen and oxygen atoms in total. The highest BCUT2D eigenvalue weighted by atomic mass is 32.1. The van der Waals surface area contributed by atoms with E-state index in [2.05, 4.69) is 15.3 Å². The van der Waals surface area contributed by atoms with E-state index < -0.39 is 0 Å². The number of thiazole rings is 1. The van der Waals surface area contributed by atoms with Gasteiger partial charge in [0, 0.05) is 11.9 Å². The van der Waals surface area contributed by atoms with E-state index in [1.54, 1.807) is 11.3 Å².